The first-order valence-electron chi connectivity index (χ1n) is 12.1. The lowest BCUT2D eigenvalue weighted by Gasteiger charge is -2.26. The van der Waals surface area contributed by atoms with Crippen LogP contribution in [-0.2, 0) is 11.2 Å². The van der Waals surface area contributed by atoms with Gasteiger partial charge in [-0.2, -0.15) is 0 Å². The first-order valence-corrected chi connectivity index (χ1v) is 13.2. The maximum Gasteiger partial charge on any atom is 0.164 e. The fourth-order valence-corrected chi connectivity index (χ4v) is 6.53. The molecule has 3 fully saturated rings. The average Bonchev–Trinajstić information content (AvgIpc) is 3.46. The number of aromatic nitrogens is 4. The Balaban J connectivity index is 1.18. The molecule has 3 aromatic heterocycles. The van der Waals surface area contributed by atoms with Crippen molar-refractivity contribution in [1.29, 1.82) is 0 Å². The third-order valence-electron chi connectivity index (χ3n) is 8.04. The SMILES string of the molecule is Nc1nc2cc(C[C@@H]3CC[C@@]4(O)[C@@H]3O[C@@H](n3ccc5c(C6CC6)ncnc53)[C@@H]4O)ccc2cc1I. The lowest BCUT2D eigenvalue weighted by molar-refractivity contribution is -0.0675. The molecule has 4 aromatic rings. The first kappa shape index (κ1) is 21.9. The molecular weight excluding hydrogens is 557 g/mol. The van der Waals surface area contributed by atoms with Gasteiger partial charge in [0.2, 0.25) is 0 Å². The number of pyridine rings is 1. The molecule has 0 unspecified atom stereocenters. The lowest BCUT2D eigenvalue weighted by Crippen LogP contribution is -2.45. The van der Waals surface area contributed by atoms with Crippen molar-refractivity contribution >= 4 is 50.3 Å². The van der Waals surface area contributed by atoms with Crippen LogP contribution in [0.4, 0.5) is 5.82 Å². The zero-order chi connectivity index (χ0) is 23.9. The highest BCUT2D eigenvalue weighted by molar-refractivity contribution is 14.1. The van der Waals surface area contributed by atoms with Crippen molar-refractivity contribution in [3.05, 3.63) is 57.7 Å². The molecule has 4 N–H and O–H groups in total. The number of nitrogens with two attached hydrogens (primary N) is 1. The molecule has 8 nitrogen and oxygen atoms in total. The number of nitrogen functional groups attached to an aromatic ring is 1. The van der Waals surface area contributed by atoms with E-state index in [9.17, 15) is 10.2 Å². The molecule has 0 bridgehead atoms. The van der Waals surface area contributed by atoms with Crippen molar-refractivity contribution in [1.82, 2.24) is 19.5 Å². The molecule has 1 saturated heterocycles. The molecule has 5 atom stereocenters. The molecule has 3 aliphatic rings. The standard InChI is InChI=1S/C26H26IN5O3/c27-18-11-15-2-1-13(10-19(15)31-23(18)28)9-16-5-7-26(34)21(33)25(35-22(16)26)32-8-6-17-20(14-3-4-14)29-12-30-24(17)32/h1-2,6,8,10-12,14,16,21-22,25,33-34H,3-5,7,9H2,(H2,28,31)/t16-,21-,22+,25+,26-/m0/s1. The summed E-state index contributed by atoms with van der Waals surface area (Å²) >= 11 is 2.20. The van der Waals surface area contributed by atoms with E-state index in [1.807, 2.05) is 22.9 Å². The minimum absolute atomic E-state index is 0.0803. The van der Waals surface area contributed by atoms with Crippen molar-refractivity contribution in [2.45, 2.75) is 62.1 Å². The van der Waals surface area contributed by atoms with Gasteiger partial charge in [0.1, 0.15) is 29.5 Å². The van der Waals surface area contributed by atoms with E-state index in [1.54, 1.807) is 6.33 Å². The van der Waals surface area contributed by atoms with Gasteiger partial charge in [-0.15, -0.1) is 0 Å². The zero-order valence-electron chi connectivity index (χ0n) is 19.0. The number of hydrogen-bond donors (Lipinski definition) is 3. The average molecular weight is 583 g/mol. The molecule has 0 spiro atoms. The summed E-state index contributed by atoms with van der Waals surface area (Å²) in [5, 5.41) is 24.8. The van der Waals surface area contributed by atoms with Crippen LogP contribution in [0.25, 0.3) is 21.9 Å². The highest BCUT2D eigenvalue weighted by Crippen LogP contribution is 2.51. The molecule has 2 saturated carbocycles. The van der Waals surface area contributed by atoms with E-state index in [-0.39, 0.29) is 5.92 Å². The van der Waals surface area contributed by atoms with Crippen LogP contribution in [0.3, 0.4) is 0 Å². The molecule has 1 aliphatic heterocycles. The molecule has 2 aliphatic carbocycles. The number of anilines is 1. The summed E-state index contributed by atoms with van der Waals surface area (Å²) in [4.78, 5) is 13.5. The topological polar surface area (TPSA) is 119 Å². The van der Waals surface area contributed by atoms with Crippen molar-refractivity contribution in [3.63, 3.8) is 0 Å². The van der Waals surface area contributed by atoms with Gasteiger partial charge >= 0.3 is 0 Å². The summed E-state index contributed by atoms with van der Waals surface area (Å²) in [6, 6.07) is 10.3. The van der Waals surface area contributed by atoms with Crippen molar-refractivity contribution in [3.8, 4) is 0 Å². The van der Waals surface area contributed by atoms with Crippen molar-refractivity contribution < 1.29 is 14.9 Å². The number of halogens is 1. The van der Waals surface area contributed by atoms with Gasteiger partial charge < -0.3 is 25.3 Å². The van der Waals surface area contributed by atoms with Crippen molar-refractivity contribution in [2.75, 3.05) is 5.73 Å². The Morgan fingerprint density at radius 2 is 2.03 bits per heavy atom. The van der Waals surface area contributed by atoms with Gasteiger partial charge in [0, 0.05) is 22.9 Å². The van der Waals surface area contributed by atoms with Gasteiger partial charge in [-0.05, 0) is 84.4 Å². The van der Waals surface area contributed by atoms with Crippen LogP contribution in [0.1, 0.15) is 49.1 Å². The van der Waals surface area contributed by atoms with Gasteiger partial charge in [0.25, 0.3) is 0 Å². The predicted molar refractivity (Wildman–Crippen MR) is 140 cm³/mol. The Hall–Kier alpha value is -2.34. The third kappa shape index (κ3) is 3.39. The van der Waals surface area contributed by atoms with Crippen LogP contribution < -0.4 is 5.73 Å². The van der Waals surface area contributed by atoms with E-state index in [0.29, 0.717) is 18.2 Å². The number of aliphatic hydroxyl groups is 2. The maximum atomic E-state index is 11.5. The lowest BCUT2D eigenvalue weighted by atomic mass is 9.90. The van der Waals surface area contributed by atoms with E-state index < -0.39 is 24.0 Å². The fourth-order valence-electron chi connectivity index (χ4n) is 6.07. The molecule has 35 heavy (non-hydrogen) atoms. The second-order valence-corrected chi connectivity index (χ2v) is 11.4. The number of nitrogens with zero attached hydrogens (tertiary/aromatic N) is 4. The Morgan fingerprint density at radius 1 is 1.17 bits per heavy atom. The van der Waals surface area contributed by atoms with Gasteiger partial charge in [-0.25, -0.2) is 15.0 Å². The molecule has 180 valence electrons. The van der Waals surface area contributed by atoms with Crippen LogP contribution in [0, 0.1) is 9.49 Å². The highest BCUT2D eigenvalue weighted by atomic mass is 127. The largest absolute Gasteiger partial charge is 0.385 e. The van der Waals surface area contributed by atoms with Crippen molar-refractivity contribution in [2.24, 2.45) is 5.92 Å². The van der Waals surface area contributed by atoms with E-state index in [1.165, 1.54) is 0 Å². The number of benzene rings is 1. The molecule has 7 rings (SSSR count). The monoisotopic (exact) mass is 583 g/mol. The Labute approximate surface area is 215 Å². The molecule has 0 radical (unpaired) electrons. The van der Waals surface area contributed by atoms with Crippen LogP contribution in [0.5, 0.6) is 0 Å². The van der Waals surface area contributed by atoms with Crippen LogP contribution in [0.15, 0.2) is 42.9 Å². The Bertz CT molecular complexity index is 1470. The third-order valence-corrected chi connectivity index (χ3v) is 8.91. The normalized spacial score (nSPS) is 30.4. The van der Waals surface area contributed by atoms with Gasteiger partial charge in [0.05, 0.1) is 20.9 Å². The Morgan fingerprint density at radius 3 is 2.86 bits per heavy atom. The molecular formula is C26H26IN5O3. The Kier molecular flexibility index (Phi) is 4.90. The molecule has 9 heteroatoms. The maximum absolute atomic E-state index is 11.5. The van der Waals surface area contributed by atoms with E-state index in [2.05, 4.69) is 55.7 Å². The minimum atomic E-state index is -1.28. The highest BCUT2D eigenvalue weighted by Gasteiger charge is 2.61. The van der Waals surface area contributed by atoms with Gasteiger partial charge in [-0.3, -0.25) is 0 Å². The smallest absolute Gasteiger partial charge is 0.164 e. The summed E-state index contributed by atoms with van der Waals surface area (Å²) in [5.74, 6) is 1.11. The number of hydrogen-bond acceptors (Lipinski definition) is 7. The molecule has 1 aromatic carbocycles. The zero-order valence-corrected chi connectivity index (χ0v) is 21.2. The summed E-state index contributed by atoms with van der Waals surface area (Å²) in [6.45, 7) is 0. The summed E-state index contributed by atoms with van der Waals surface area (Å²) in [7, 11) is 0. The second kappa shape index (κ2) is 7.83. The number of ether oxygens (including phenoxy) is 1. The van der Waals surface area contributed by atoms with Crippen LogP contribution in [-0.4, -0.2) is 47.5 Å². The van der Waals surface area contributed by atoms with E-state index in [0.717, 1.165) is 62.4 Å². The minimum Gasteiger partial charge on any atom is -0.385 e. The first-order chi connectivity index (χ1) is 16.9. The number of aliphatic hydroxyl groups excluding tert-OH is 1. The number of fused-ring (bicyclic) bond motifs is 3. The van der Waals surface area contributed by atoms with Gasteiger partial charge in [0.15, 0.2) is 6.23 Å². The van der Waals surface area contributed by atoms with Crippen LogP contribution in [0.2, 0.25) is 0 Å². The summed E-state index contributed by atoms with van der Waals surface area (Å²) < 4.78 is 9.25. The van der Waals surface area contributed by atoms with Gasteiger partial charge in [-0.1, -0.05) is 12.1 Å². The summed E-state index contributed by atoms with van der Waals surface area (Å²) in [6.07, 6.45) is 5.63. The second-order valence-electron chi connectivity index (χ2n) is 10.3. The molecule has 0 amide bonds. The quantitative estimate of drug-likeness (QED) is 0.314. The van der Waals surface area contributed by atoms with Crippen LogP contribution >= 0.6 is 22.6 Å². The predicted octanol–water partition coefficient (Wildman–Crippen LogP) is 3.69. The number of rotatable bonds is 4. The summed E-state index contributed by atoms with van der Waals surface area (Å²) in [5.41, 5.74) is 8.54. The molecule has 4 heterocycles. The fraction of sp³-hybridized carbons (Fsp3) is 0.423. The van der Waals surface area contributed by atoms with E-state index >= 15 is 0 Å². The van der Waals surface area contributed by atoms with E-state index in [4.69, 9.17) is 10.5 Å².